The fourth-order valence-corrected chi connectivity index (χ4v) is 3.63. The van der Waals surface area contributed by atoms with Crippen LogP contribution >= 0.6 is 22.9 Å². The third kappa shape index (κ3) is 3.23. The SMILES string of the molecule is CCN(c1cccc(Cl)c1)[C@@H](C)C(=O)c1nccn1-c1cccs1. The zero-order chi connectivity index (χ0) is 17.1. The number of likely N-dealkylation sites (N-methyl/N-ethyl adjacent to an activating group) is 1. The Morgan fingerprint density at radius 3 is 2.88 bits per heavy atom. The lowest BCUT2D eigenvalue weighted by atomic mass is 10.1. The van der Waals surface area contributed by atoms with Crippen LogP contribution in [0.2, 0.25) is 5.02 Å². The second-order valence-corrected chi connectivity index (χ2v) is 6.74. The summed E-state index contributed by atoms with van der Waals surface area (Å²) in [5.41, 5.74) is 0.931. The lowest BCUT2D eigenvalue weighted by molar-refractivity contribution is 0.0952. The molecule has 0 N–H and O–H groups in total. The zero-order valence-electron chi connectivity index (χ0n) is 13.5. The van der Waals surface area contributed by atoms with Gasteiger partial charge >= 0.3 is 0 Å². The number of nitrogens with zero attached hydrogens (tertiary/aromatic N) is 3. The Balaban J connectivity index is 1.91. The first kappa shape index (κ1) is 16.7. The molecular weight excluding hydrogens is 342 g/mol. The monoisotopic (exact) mass is 359 g/mol. The molecule has 124 valence electrons. The fourth-order valence-electron chi connectivity index (χ4n) is 2.73. The average Bonchev–Trinajstić information content (AvgIpc) is 3.25. The Bertz CT molecular complexity index is 828. The molecule has 0 radical (unpaired) electrons. The Labute approximate surface area is 150 Å². The van der Waals surface area contributed by atoms with Crippen molar-refractivity contribution in [2.45, 2.75) is 19.9 Å². The van der Waals surface area contributed by atoms with Crippen molar-refractivity contribution in [3.63, 3.8) is 0 Å². The van der Waals surface area contributed by atoms with E-state index in [-0.39, 0.29) is 11.8 Å². The molecule has 2 heterocycles. The van der Waals surface area contributed by atoms with Crippen LogP contribution in [0, 0.1) is 0 Å². The fraction of sp³-hybridized carbons (Fsp3) is 0.222. The van der Waals surface area contributed by atoms with E-state index in [0.717, 1.165) is 10.7 Å². The van der Waals surface area contributed by atoms with Gasteiger partial charge in [-0.05, 0) is 49.6 Å². The number of aromatic nitrogens is 2. The summed E-state index contributed by atoms with van der Waals surface area (Å²) in [6, 6.07) is 11.2. The van der Waals surface area contributed by atoms with Crippen molar-refractivity contribution in [1.82, 2.24) is 9.55 Å². The number of anilines is 1. The van der Waals surface area contributed by atoms with Gasteiger partial charge in [-0.2, -0.15) is 0 Å². The number of hydrogen-bond acceptors (Lipinski definition) is 4. The molecule has 0 fully saturated rings. The van der Waals surface area contributed by atoms with Gasteiger partial charge in [-0.25, -0.2) is 4.98 Å². The molecule has 0 saturated carbocycles. The highest BCUT2D eigenvalue weighted by atomic mass is 35.5. The molecule has 4 nitrogen and oxygen atoms in total. The number of Topliss-reactive ketones (excluding diaryl/α,β-unsaturated/α-hetero) is 1. The zero-order valence-corrected chi connectivity index (χ0v) is 15.1. The average molecular weight is 360 g/mol. The summed E-state index contributed by atoms with van der Waals surface area (Å²) >= 11 is 7.67. The molecule has 0 aliphatic carbocycles. The van der Waals surface area contributed by atoms with Crippen molar-refractivity contribution >= 4 is 34.4 Å². The highest BCUT2D eigenvalue weighted by Gasteiger charge is 2.26. The number of rotatable bonds is 6. The topological polar surface area (TPSA) is 38.1 Å². The molecule has 6 heteroatoms. The molecule has 24 heavy (non-hydrogen) atoms. The number of imidazole rings is 1. The summed E-state index contributed by atoms with van der Waals surface area (Å²) in [4.78, 5) is 19.3. The molecule has 0 aliphatic rings. The van der Waals surface area contributed by atoms with E-state index in [9.17, 15) is 4.79 Å². The Kier molecular flexibility index (Phi) is 5.02. The minimum absolute atomic E-state index is 0.0183. The molecule has 0 spiro atoms. The molecule has 1 atom stereocenters. The van der Waals surface area contributed by atoms with Crippen LogP contribution in [-0.2, 0) is 0 Å². The van der Waals surface area contributed by atoms with Crippen molar-refractivity contribution in [2.24, 2.45) is 0 Å². The molecule has 0 amide bonds. The smallest absolute Gasteiger partial charge is 0.220 e. The van der Waals surface area contributed by atoms with Gasteiger partial charge in [0.15, 0.2) is 5.82 Å². The van der Waals surface area contributed by atoms with Gasteiger partial charge in [0.05, 0.1) is 6.04 Å². The molecule has 0 bridgehead atoms. The second-order valence-electron chi connectivity index (χ2n) is 5.38. The highest BCUT2D eigenvalue weighted by molar-refractivity contribution is 7.12. The number of thiophene rings is 1. The molecule has 1 aromatic carbocycles. The summed E-state index contributed by atoms with van der Waals surface area (Å²) in [6.45, 7) is 4.63. The lowest BCUT2D eigenvalue weighted by Crippen LogP contribution is -2.40. The van der Waals surface area contributed by atoms with Crippen molar-refractivity contribution in [1.29, 1.82) is 0 Å². The van der Waals surface area contributed by atoms with Crippen molar-refractivity contribution in [3.8, 4) is 5.00 Å². The normalized spacial score (nSPS) is 12.1. The van der Waals surface area contributed by atoms with Gasteiger partial charge < -0.3 is 4.90 Å². The quantitative estimate of drug-likeness (QED) is 0.599. The van der Waals surface area contributed by atoms with Crippen LogP contribution in [0.4, 0.5) is 5.69 Å². The van der Waals surface area contributed by atoms with Gasteiger partial charge in [-0.3, -0.25) is 9.36 Å². The molecule has 0 unspecified atom stereocenters. The summed E-state index contributed by atoms with van der Waals surface area (Å²) < 4.78 is 1.84. The molecule has 2 aromatic heterocycles. The maximum Gasteiger partial charge on any atom is 0.220 e. The third-order valence-corrected chi connectivity index (χ3v) is 5.03. The molecule has 3 rings (SSSR count). The van der Waals surface area contributed by atoms with Gasteiger partial charge in [0.25, 0.3) is 0 Å². The van der Waals surface area contributed by atoms with Crippen LogP contribution in [0.3, 0.4) is 0 Å². The summed E-state index contributed by atoms with van der Waals surface area (Å²) in [7, 11) is 0. The standard InChI is InChI=1S/C18H18ClN3OS/c1-3-21(15-7-4-6-14(19)12-15)13(2)17(23)18-20-9-10-22(18)16-8-5-11-24-16/h4-13H,3H2,1-2H3/t13-/m0/s1. The Morgan fingerprint density at radius 1 is 1.38 bits per heavy atom. The largest absolute Gasteiger partial charge is 0.361 e. The van der Waals surface area contributed by atoms with Crippen molar-refractivity contribution < 1.29 is 4.79 Å². The lowest BCUT2D eigenvalue weighted by Gasteiger charge is -2.29. The number of carbonyl (C=O) groups is 1. The number of halogens is 1. The van der Waals surface area contributed by atoms with E-state index in [0.29, 0.717) is 17.4 Å². The number of carbonyl (C=O) groups excluding carboxylic acids is 1. The second kappa shape index (κ2) is 7.20. The molecule has 0 saturated heterocycles. The van der Waals surface area contributed by atoms with E-state index < -0.39 is 0 Å². The van der Waals surface area contributed by atoms with Crippen LogP contribution in [0.25, 0.3) is 5.00 Å². The number of ketones is 1. The van der Waals surface area contributed by atoms with Crippen LogP contribution in [0.5, 0.6) is 0 Å². The van der Waals surface area contributed by atoms with E-state index in [1.54, 1.807) is 17.5 Å². The maximum atomic E-state index is 13.0. The van der Waals surface area contributed by atoms with Crippen LogP contribution in [-0.4, -0.2) is 27.9 Å². The first-order valence-electron chi connectivity index (χ1n) is 7.75. The van der Waals surface area contributed by atoms with Crippen molar-refractivity contribution in [3.05, 3.63) is 65.0 Å². The predicted octanol–water partition coefficient (Wildman–Crippen LogP) is 4.68. The van der Waals surface area contributed by atoms with Crippen molar-refractivity contribution in [2.75, 3.05) is 11.4 Å². The summed E-state index contributed by atoms with van der Waals surface area (Å²) in [6.07, 6.45) is 3.48. The minimum atomic E-state index is -0.338. The third-order valence-electron chi connectivity index (χ3n) is 3.93. The molecule has 0 aliphatic heterocycles. The predicted molar refractivity (Wildman–Crippen MR) is 99.7 cm³/mol. The number of hydrogen-bond donors (Lipinski definition) is 0. The van der Waals surface area contributed by atoms with Crippen LogP contribution in [0.1, 0.15) is 24.5 Å². The highest BCUT2D eigenvalue weighted by Crippen LogP contribution is 2.24. The van der Waals surface area contributed by atoms with Crippen LogP contribution < -0.4 is 4.90 Å². The van der Waals surface area contributed by atoms with Crippen LogP contribution in [0.15, 0.2) is 54.2 Å². The van der Waals surface area contributed by atoms with E-state index in [1.165, 1.54) is 0 Å². The van der Waals surface area contributed by atoms with E-state index in [4.69, 9.17) is 11.6 Å². The Hall–Kier alpha value is -2.11. The number of benzene rings is 1. The summed E-state index contributed by atoms with van der Waals surface area (Å²) in [5, 5.41) is 3.62. The first-order chi connectivity index (χ1) is 11.6. The van der Waals surface area contributed by atoms with Gasteiger partial charge in [0, 0.05) is 29.6 Å². The van der Waals surface area contributed by atoms with Gasteiger partial charge in [0.2, 0.25) is 5.78 Å². The molecular formula is C18H18ClN3OS. The Morgan fingerprint density at radius 2 is 2.21 bits per heavy atom. The van der Waals surface area contributed by atoms with Gasteiger partial charge in [-0.15, -0.1) is 11.3 Å². The minimum Gasteiger partial charge on any atom is -0.361 e. The van der Waals surface area contributed by atoms with E-state index in [1.807, 2.05) is 71.3 Å². The van der Waals surface area contributed by atoms with Gasteiger partial charge in [0.1, 0.15) is 5.00 Å². The van der Waals surface area contributed by atoms with E-state index in [2.05, 4.69) is 4.98 Å². The maximum absolute atomic E-state index is 13.0. The van der Waals surface area contributed by atoms with E-state index >= 15 is 0 Å². The van der Waals surface area contributed by atoms with Gasteiger partial charge in [-0.1, -0.05) is 17.7 Å². The first-order valence-corrected chi connectivity index (χ1v) is 9.01. The summed E-state index contributed by atoms with van der Waals surface area (Å²) in [5.74, 6) is 0.431. The molecule has 3 aromatic rings.